The Morgan fingerprint density at radius 1 is 0.963 bits per heavy atom. The number of ketones is 1. The van der Waals surface area contributed by atoms with Crippen LogP contribution in [0.5, 0.6) is 0 Å². The number of hydrogen-bond donors (Lipinski definition) is 1. The molecule has 1 heterocycles. The second-order valence-electron chi connectivity index (χ2n) is 6.48. The summed E-state index contributed by atoms with van der Waals surface area (Å²) in [5.74, 6) is -0.429. The van der Waals surface area contributed by atoms with Crippen LogP contribution in [0.3, 0.4) is 0 Å². The van der Waals surface area contributed by atoms with Crippen molar-refractivity contribution in [2.75, 3.05) is 5.32 Å². The van der Waals surface area contributed by atoms with E-state index in [1.54, 1.807) is 0 Å². The van der Waals surface area contributed by atoms with Crippen molar-refractivity contribution >= 4 is 22.4 Å². The van der Waals surface area contributed by atoms with E-state index in [-0.39, 0.29) is 17.4 Å². The van der Waals surface area contributed by atoms with Crippen molar-refractivity contribution in [2.45, 2.75) is 13.5 Å². The molecule has 0 aliphatic rings. The maximum atomic E-state index is 13.2. The van der Waals surface area contributed by atoms with Gasteiger partial charge in [0.1, 0.15) is 11.4 Å². The van der Waals surface area contributed by atoms with Gasteiger partial charge in [-0.3, -0.25) is 4.79 Å². The van der Waals surface area contributed by atoms with E-state index in [9.17, 15) is 9.18 Å². The van der Waals surface area contributed by atoms with Gasteiger partial charge in [-0.1, -0.05) is 42.0 Å². The van der Waals surface area contributed by atoms with Gasteiger partial charge < -0.3 is 9.73 Å². The van der Waals surface area contributed by atoms with Gasteiger partial charge in [-0.15, -0.1) is 0 Å². The van der Waals surface area contributed by atoms with Gasteiger partial charge in [0.25, 0.3) is 0 Å². The number of para-hydroxylation sites is 1. The number of benzene rings is 3. The molecular weight excluding hydrogens is 341 g/mol. The third-order valence-corrected chi connectivity index (χ3v) is 4.50. The third-order valence-electron chi connectivity index (χ3n) is 4.50. The summed E-state index contributed by atoms with van der Waals surface area (Å²) in [5, 5.41) is 4.19. The van der Waals surface area contributed by atoms with Crippen molar-refractivity contribution in [2.24, 2.45) is 0 Å². The van der Waals surface area contributed by atoms with Crippen LogP contribution in [-0.2, 0) is 6.54 Å². The molecule has 0 amide bonds. The van der Waals surface area contributed by atoms with Crippen molar-refractivity contribution in [3.05, 3.63) is 101 Å². The fourth-order valence-electron chi connectivity index (χ4n) is 3.01. The van der Waals surface area contributed by atoms with E-state index in [1.165, 1.54) is 29.8 Å². The first-order chi connectivity index (χ1) is 13.1. The van der Waals surface area contributed by atoms with Crippen molar-refractivity contribution in [1.82, 2.24) is 0 Å². The number of furan rings is 1. The Morgan fingerprint density at radius 2 is 1.67 bits per heavy atom. The third kappa shape index (κ3) is 3.47. The summed E-state index contributed by atoms with van der Waals surface area (Å²) < 4.78 is 19.0. The van der Waals surface area contributed by atoms with Gasteiger partial charge in [-0.05, 0) is 48.9 Å². The molecular formula is C23H18FNO2. The number of rotatable bonds is 5. The van der Waals surface area contributed by atoms with Gasteiger partial charge in [-0.25, -0.2) is 4.39 Å². The van der Waals surface area contributed by atoms with Crippen LogP contribution in [0.25, 0.3) is 11.0 Å². The van der Waals surface area contributed by atoms with Gasteiger partial charge in [0.15, 0.2) is 5.76 Å². The van der Waals surface area contributed by atoms with E-state index in [0.29, 0.717) is 23.4 Å². The summed E-state index contributed by atoms with van der Waals surface area (Å²) in [6.07, 6.45) is 0. The zero-order chi connectivity index (χ0) is 18.8. The number of fused-ring (bicyclic) bond motifs is 1. The monoisotopic (exact) mass is 359 g/mol. The molecule has 3 aromatic carbocycles. The number of anilines is 1. The van der Waals surface area contributed by atoms with Crippen LogP contribution in [0.2, 0.25) is 0 Å². The SMILES string of the molecule is Cc1ccc(CNc2c(C(=O)c3ccc(F)cc3)oc3ccccc23)cc1. The molecule has 0 radical (unpaired) electrons. The number of carbonyl (C=O) groups excluding carboxylic acids is 1. The molecule has 0 atom stereocenters. The van der Waals surface area contributed by atoms with Crippen LogP contribution in [0.4, 0.5) is 10.1 Å². The maximum absolute atomic E-state index is 13.2. The van der Waals surface area contributed by atoms with E-state index in [4.69, 9.17) is 4.42 Å². The van der Waals surface area contributed by atoms with Crippen LogP contribution in [0, 0.1) is 12.7 Å². The Kier molecular flexibility index (Phi) is 4.47. The maximum Gasteiger partial charge on any atom is 0.230 e. The minimum absolute atomic E-state index is 0.231. The van der Waals surface area contributed by atoms with Crippen LogP contribution in [-0.4, -0.2) is 5.78 Å². The molecule has 0 aliphatic carbocycles. The fraction of sp³-hybridized carbons (Fsp3) is 0.0870. The molecule has 0 aliphatic heterocycles. The highest BCUT2D eigenvalue weighted by Crippen LogP contribution is 2.33. The van der Waals surface area contributed by atoms with Crippen molar-refractivity contribution in [3.63, 3.8) is 0 Å². The first-order valence-corrected chi connectivity index (χ1v) is 8.73. The van der Waals surface area contributed by atoms with E-state index in [1.807, 2.05) is 43.3 Å². The van der Waals surface area contributed by atoms with Crippen LogP contribution >= 0.6 is 0 Å². The van der Waals surface area contributed by atoms with E-state index in [0.717, 1.165) is 10.9 Å². The Labute approximate surface area is 156 Å². The average Bonchev–Trinajstić information content (AvgIpc) is 3.06. The lowest BCUT2D eigenvalue weighted by Gasteiger charge is -2.08. The van der Waals surface area contributed by atoms with Crippen LogP contribution < -0.4 is 5.32 Å². The van der Waals surface area contributed by atoms with Gasteiger partial charge >= 0.3 is 0 Å². The molecule has 4 rings (SSSR count). The smallest absolute Gasteiger partial charge is 0.230 e. The molecule has 1 N–H and O–H groups in total. The quantitative estimate of drug-likeness (QED) is 0.463. The molecule has 27 heavy (non-hydrogen) atoms. The number of nitrogens with one attached hydrogen (secondary N) is 1. The largest absolute Gasteiger partial charge is 0.450 e. The lowest BCUT2D eigenvalue weighted by atomic mass is 10.1. The van der Waals surface area contributed by atoms with E-state index < -0.39 is 0 Å². The molecule has 3 nitrogen and oxygen atoms in total. The Hall–Kier alpha value is -3.40. The summed E-state index contributed by atoms with van der Waals surface area (Å²) in [6, 6.07) is 21.2. The summed E-state index contributed by atoms with van der Waals surface area (Å²) in [6.45, 7) is 2.60. The minimum atomic E-state index is -0.381. The molecule has 0 spiro atoms. The van der Waals surface area contributed by atoms with E-state index >= 15 is 0 Å². The molecule has 1 aromatic heterocycles. The number of aryl methyl sites for hydroxylation is 1. The van der Waals surface area contributed by atoms with Gasteiger partial charge in [0.05, 0.1) is 5.69 Å². The summed E-state index contributed by atoms with van der Waals surface area (Å²) >= 11 is 0. The Bertz CT molecular complexity index is 1100. The minimum Gasteiger partial charge on any atom is -0.450 e. The highest BCUT2D eigenvalue weighted by atomic mass is 19.1. The number of hydrogen-bond acceptors (Lipinski definition) is 3. The first kappa shape index (κ1) is 17.0. The predicted molar refractivity (Wildman–Crippen MR) is 105 cm³/mol. The molecule has 4 aromatic rings. The standard InChI is InChI=1S/C23H18FNO2/c1-15-6-8-16(9-7-15)14-25-21-19-4-2-3-5-20(19)27-23(21)22(26)17-10-12-18(24)13-11-17/h2-13,25H,14H2,1H3. The van der Waals surface area contributed by atoms with E-state index in [2.05, 4.69) is 17.4 Å². The molecule has 0 fully saturated rings. The van der Waals surface area contributed by atoms with Gasteiger partial charge in [-0.2, -0.15) is 0 Å². The van der Waals surface area contributed by atoms with Crippen molar-refractivity contribution in [3.8, 4) is 0 Å². The second kappa shape index (κ2) is 7.08. The van der Waals surface area contributed by atoms with Gasteiger partial charge in [0, 0.05) is 17.5 Å². The van der Waals surface area contributed by atoms with Gasteiger partial charge in [0.2, 0.25) is 5.78 Å². The molecule has 0 saturated heterocycles. The molecule has 0 saturated carbocycles. The fourth-order valence-corrected chi connectivity index (χ4v) is 3.01. The summed E-state index contributed by atoms with van der Waals surface area (Å²) in [4.78, 5) is 12.9. The topological polar surface area (TPSA) is 42.2 Å². The zero-order valence-corrected chi connectivity index (χ0v) is 14.8. The number of halogens is 1. The zero-order valence-electron chi connectivity index (χ0n) is 14.8. The lowest BCUT2D eigenvalue weighted by molar-refractivity contribution is 0.101. The highest BCUT2D eigenvalue weighted by Gasteiger charge is 2.21. The molecule has 0 bridgehead atoms. The van der Waals surface area contributed by atoms with Crippen LogP contribution in [0.15, 0.2) is 77.2 Å². The second-order valence-corrected chi connectivity index (χ2v) is 6.48. The average molecular weight is 359 g/mol. The molecule has 4 heteroatoms. The van der Waals surface area contributed by atoms with Crippen molar-refractivity contribution < 1.29 is 13.6 Å². The Balaban J connectivity index is 1.71. The van der Waals surface area contributed by atoms with Crippen molar-refractivity contribution in [1.29, 1.82) is 0 Å². The molecule has 0 unspecified atom stereocenters. The Morgan fingerprint density at radius 3 is 2.41 bits per heavy atom. The predicted octanol–water partition coefficient (Wildman–Crippen LogP) is 5.72. The highest BCUT2D eigenvalue weighted by molar-refractivity contribution is 6.14. The summed E-state index contributed by atoms with van der Waals surface area (Å²) in [7, 11) is 0. The molecule has 134 valence electrons. The normalized spacial score (nSPS) is 10.9. The van der Waals surface area contributed by atoms with Crippen LogP contribution in [0.1, 0.15) is 27.2 Å². The lowest BCUT2D eigenvalue weighted by Crippen LogP contribution is -2.06. The summed E-state index contributed by atoms with van der Waals surface area (Å²) in [5.41, 5.74) is 3.97. The number of carbonyl (C=O) groups is 1. The first-order valence-electron chi connectivity index (χ1n) is 8.73.